The highest BCUT2D eigenvalue weighted by atomic mass is 15.1. The van der Waals surface area contributed by atoms with Crippen LogP contribution >= 0.6 is 0 Å². The van der Waals surface area contributed by atoms with Gasteiger partial charge >= 0.3 is 0 Å². The van der Waals surface area contributed by atoms with Crippen LogP contribution in [0.1, 0.15) is 6.42 Å². The molecule has 0 amide bonds. The lowest BCUT2D eigenvalue weighted by atomic mass is 10.5. The summed E-state index contributed by atoms with van der Waals surface area (Å²) in [6.45, 7) is 0.626. The van der Waals surface area contributed by atoms with E-state index in [1.807, 2.05) is 0 Å². The van der Waals surface area contributed by atoms with Gasteiger partial charge in [-0.2, -0.15) is 5.10 Å². The van der Waals surface area contributed by atoms with E-state index in [1.54, 1.807) is 6.21 Å². The van der Waals surface area contributed by atoms with E-state index in [0.29, 0.717) is 6.54 Å². The number of nitrogens with zero attached hydrogens (tertiary/aromatic N) is 1. The monoisotopic (exact) mass is 87.1 g/mol. The van der Waals surface area contributed by atoms with Gasteiger partial charge in [0, 0.05) is 6.21 Å². The average molecular weight is 87.1 g/mol. The first-order valence-corrected chi connectivity index (χ1v) is 1.83. The second-order valence-corrected chi connectivity index (χ2v) is 0.909. The van der Waals surface area contributed by atoms with Crippen molar-refractivity contribution in [2.45, 2.75) is 6.42 Å². The van der Waals surface area contributed by atoms with Crippen LogP contribution < -0.4 is 11.6 Å². The van der Waals surface area contributed by atoms with Gasteiger partial charge in [-0.05, 0) is 13.0 Å². The molecule has 0 bridgehead atoms. The summed E-state index contributed by atoms with van der Waals surface area (Å²) in [6, 6.07) is 0. The van der Waals surface area contributed by atoms with Gasteiger partial charge in [0.2, 0.25) is 0 Å². The molecule has 0 saturated carbocycles. The maximum absolute atomic E-state index is 5.07. The van der Waals surface area contributed by atoms with Crippen LogP contribution in [0, 0.1) is 0 Å². The van der Waals surface area contributed by atoms with E-state index >= 15 is 0 Å². The quantitative estimate of drug-likeness (QED) is 0.265. The molecule has 0 rings (SSSR count). The summed E-state index contributed by atoms with van der Waals surface area (Å²) in [7, 11) is 0. The van der Waals surface area contributed by atoms with Crippen molar-refractivity contribution >= 4 is 6.21 Å². The minimum absolute atomic E-state index is 0.626. The lowest BCUT2D eigenvalue weighted by molar-refractivity contribution is 1.05. The van der Waals surface area contributed by atoms with Gasteiger partial charge in [0.25, 0.3) is 0 Å². The molecule has 0 spiro atoms. The van der Waals surface area contributed by atoms with Crippen LogP contribution in [-0.2, 0) is 0 Å². The molecule has 0 fully saturated rings. The van der Waals surface area contributed by atoms with Crippen LogP contribution in [-0.4, -0.2) is 12.8 Å². The molecule has 6 heavy (non-hydrogen) atoms. The van der Waals surface area contributed by atoms with Crippen LogP contribution in [0.2, 0.25) is 0 Å². The summed E-state index contributed by atoms with van der Waals surface area (Å²) in [5, 5.41) is 3.22. The lowest BCUT2D eigenvalue weighted by Gasteiger charge is -1.76. The SMILES string of the molecule is NCC/C=N/N. The second kappa shape index (κ2) is 4.43. The molecule has 3 nitrogen and oxygen atoms in total. The zero-order valence-electron chi connectivity index (χ0n) is 3.59. The van der Waals surface area contributed by atoms with Gasteiger partial charge in [-0.1, -0.05) is 0 Å². The Labute approximate surface area is 37.0 Å². The summed E-state index contributed by atoms with van der Waals surface area (Å²) in [5.41, 5.74) is 5.07. The predicted molar refractivity (Wildman–Crippen MR) is 26.4 cm³/mol. The van der Waals surface area contributed by atoms with Gasteiger partial charge < -0.3 is 11.6 Å². The Bertz CT molecular complexity index is 41.3. The number of hydrazone groups is 1. The molecule has 0 aliphatic heterocycles. The Morgan fingerprint density at radius 2 is 2.33 bits per heavy atom. The van der Waals surface area contributed by atoms with Gasteiger partial charge in [-0.3, -0.25) is 0 Å². The van der Waals surface area contributed by atoms with Crippen molar-refractivity contribution in [2.75, 3.05) is 6.54 Å². The summed E-state index contributed by atoms with van der Waals surface area (Å²) in [4.78, 5) is 0. The molecular weight excluding hydrogens is 78.1 g/mol. The number of rotatable bonds is 2. The first kappa shape index (κ1) is 5.43. The number of hydrogen-bond acceptors (Lipinski definition) is 3. The molecule has 0 aromatic heterocycles. The van der Waals surface area contributed by atoms with Crippen molar-refractivity contribution in [1.82, 2.24) is 0 Å². The highest BCUT2D eigenvalue weighted by molar-refractivity contribution is 5.56. The summed E-state index contributed by atoms with van der Waals surface area (Å²) in [5.74, 6) is 4.73. The molecule has 0 saturated heterocycles. The van der Waals surface area contributed by atoms with Gasteiger partial charge in [0.1, 0.15) is 0 Å². The van der Waals surface area contributed by atoms with E-state index in [-0.39, 0.29) is 0 Å². The van der Waals surface area contributed by atoms with Crippen molar-refractivity contribution in [3.05, 3.63) is 0 Å². The standard InChI is InChI=1S/C3H9N3/c4-2-1-3-6-5/h3H,1-2,4-5H2/b6-3+. The molecule has 0 aromatic rings. The van der Waals surface area contributed by atoms with Crippen molar-refractivity contribution in [2.24, 2.45) is 16.7 Å². The Kier molecular flexibility index (Phi) is 4.01. The molecule has 3 heteroatoms. The van der Waals surface area contributed by atoms with Crippen molar-refractivity contribution in [3.63, 3.8) is 0 Å². The van der Waals surface area contributed by atoms with E-state index < -0.39 is 0 Å². The van der Waals surface area contributed by atoms with Gasteiger partial charge in [0.15, 0.2) is 0 Å². The molecule has 0 heterocycles. The highest BCUT2D eigenvalue weighted by Gasteiger charge is 1.66. The maximum Gasteiger partial charge on any atom is 0.0252 e. The van der Waals surface area contributed by atoms with Crippen LogP contribution in [0.15, 0.2) is 5.10 Å². The molecule has 0 aliphatic carbocycles. The third-order valence-electron chi connectivity index (χ3n) is 0.401. The summed E-state index contributed by atoms with van der Waals surface area (Å²) >= 11 is 0. The fourth-order valence-electron chi connectivity index (χ4n) is 0.149. The first-order chi connectivity index (χ1) is 2.91. The Balaban J connectivity index is 2.66. The summed E-state index contributed by atoms with van der Waals surface area (Å²) < 4.78 is 0. The summed E-state index contributed by atoms with van der Waals surface area (Å²) in [6.07, 6.45) is 2.36. The van der Waals surface area contributed by atoms with Crippen LogP contribution in [0.4, 0.5) is 0 Å². The molecule has 0 aliphatic rings. The molecule has 36 valence electrons. The number of nitrogens with two attached hydrogens (primary N) is 2. The van der Waals surface area contributed by atoms with E-state index in [1.165, 1.54) is 0 Å². The van der Waals surface area contributed by atoms with E-state index in [2.05, 4.69) is 5.10 Å². The van der Waals surface area contributed by atoms with Crippen LogP contribution in [0.3, 0.4) is 0 Å². The third kappa shape index (κ3) is 3.43. The Hall–Kier alpha value is -0.570. The predicted octanol–water partition coefficient (Wildman–Crippen LogP) is -0.720. The average Bonchev–Trinajstić information content (AvgIpc) is 1.61. The van der Waals surface area contributed by atoms with Crippen molar-refractivity contribution in [3.8, 4) is 0 Å². The van der Waals surface area contributed by atoms with E-state index in [4.69, 9.17) is 11.6 Å². The van der Waals surface area contributed by atoms with Crippen molar-refractivity contribution < 1.29 is 0 Å². The normalized spacial score (nSPS) is 10.2. The molecule has 0 aromatic carbocycles. The van der Waals surface area contributed by atoms with Gasteiger partial charge in [-0.15, -0.1) is 0 Å². The van der Waals surface area contributed by atoms with Gasteiger partial charge in [0.05, 0.1) is 0 Å². The third-order valence-corrected chi connectivity index (χ3v) is 0.401. The fraction of sp³-hybridized carbons (Fsp3) is 0.667. The van der Waals surface area contributed by atoms with Crippen LogP contribution in [0.5, 0.6) is 0 Å². The number of hydrogen-bond donors (Lipinski definition) is 2. The topological polar surface area (TPSA) is 64.4 Å². The largest absolute Gasteiger partial charge is 0.330 e. The Morgan fingerprint density at radius 1 is 1.67 bits per heavy atom. The zero-order chi connectivity index (χ0) is 4.83. The highest BCUT2D eigenvalue weighted by Crippen LogP contribution is 1.59. The minimum Gasteiger partial charge on any atom is -0.330 e. The molecule has 0 unspecified atom stereocenters. The smallest absolute Gasteiger partial charge is 0.0252 e. The second-order valence-electron chi connectivity index (χ2n) is 0.909. The minimum atomic E-state index is 0.626. The Morgan fingerprint density at radius 3 is 2.50 bits per heavy atom. The van der Waals surface area contributed by atoms with E-state index in [9.17, 15) is 0 Å². The molecule has 0 atom stereocenters. The maximum atomic E-state index is 5.07. The molecule has 4 N–H and O–H groups in total. The van der Waals surface area contributed by atoms with Gasteiger partial charge in [-0.25, -0.2) is 0 Å². The van der Waals surface area contributed by atoms with E-state index in [0.717, 1.165) is 6.42 Å². The fourth-order valence-corrected chi connectivity index (χ4v) is 0.149. The molecular formula is C3H9N3. The lowest BCUT2D eigenvalue weighted by Crippen LogP contribution is -1.98. The first-order valence-electron chi connectivity index (χ1n) is 1.83. The van der Waals surface area contributed by atoms with Crippen molar-refractivity contribution in [1.29, 1.82) is 0 Å². The molecule has 0 radical (unpaired) electrons. The zero-order valence-corrected chi connectivity index (χ0v) is 3.59. The van der Waals surface area contributed by atoms with Crippen LogP contribution in [0.25, 0.3) is 0 Å².